The Morgan fingerprint density at radius 1 is 1.00 bits per heavy atom. The summed E-state index contributed by atoms with van der Waals surface area (Å²) in [6.07, 6.45) is -0.495. The largest absolute Gasteiger partial charge is 0.573 e. The highest BCUT2D eigenvalue weighted by Crippen LogP contribution is 2.42. The summed E-state index contributed by atoms with van der Waals surface area (Å²) in [4.78, 5) is 14.7. The van der Waals surface area contributed by atoms with Crippen molar-refractivity contribution in [3.8, 4) is 5.75 Å². The average molecular weight is 439 g/mol. The van der Waals surface area contributed by atoms with Crippen LogP contribution < -0.4 is 9.64 Å². The summed E-state index contributed by atoms with van der Waals surface area (Å²) in [6.45, 7) is 4.13. The van der Waals surface area contributed by atoms with Crippen LogP contribution in [0, 0.1) is 15.5 Å². The summed E-state index contributed by atoms with van der Waals surface area (Å²) in [5, 5.41) is 10.8. The fourth-order valence-electron chi connectivity index (χ4n) is 4.55. The molecule has 0 N–H and O–H groups in total. The summed E-state index contributed by atoms with van der Waals surface area (Å²) in [7, 11) is 0. The quantitative estimate of drug-likeness (QED) is 0.484. The molecule has 0 saturated carbocycles. The van der Waals surface area contributed by atoms with E-state index in [-0.39, 0.29) is 17.0 Å². The zero-order valence-electron chi connectivity index (χ0n) is 16.9. The monoisotopic (exact) mass is 439 g/mol. The highest BCUT2D eigenvalue weighted by molar-refractivity contribution is 5.49. The third kappa shape index (κ3) is 5.30. The van der Waals surface area contributed by atoms with E-state index < -0.39 is 11.3 Å². The SMILES string of the molecule is O=[N+]([O-])c1ccc(CN2CCC3(CC2)CCN(c2ccc(OC(F)(F)F)cc2)CC3)o1. The molecule has 0 atom stereocenters. The molecule has 31 heavy (non-hydrogen) atoms. The molecule has 2 aliphatic heterocycles. The number of likely N-dealkylation sites (tertiary alicyclic amines) is 1. The zero-order valence-corrected chi connectivity index (χ0v) is 16.9. The van der Waals surface area contributed by atoms with Gasteiger partial charge in [-0.2, -0.15) is 0 Å². The molecule has 0 unspecified atom stereocenters. The Balaban J connectivity index is 1.26. The molecule has 0 amide bonds. The summed E-state index contributed by atoms with van der Waals surface area (Å²) < 4.78 is 46.1. The molecule has 1 aromatic heterocycles. The topological polar surface area (TPSA) is 72.0 Å². The third-order valence-corrected chi connectivity index (χ3v) is 6.38. The van der Waals surface area contributed by atoms with Crippen molar-refractivity contribution in [1.29, 1.82) is 0 Å². The molecule has 168 valence electrons. The van der Waals surface area contributed by atoms with E-state index in [0.717, 1.165) is 57.5 Å². The minimum Gasteiger partial charge on any atom is -0.406 e. The highest BCUT2D eigenvalue weighted by Gasteiger charge is 2.38. The number of nitrogens with zero attached hydrogens (tertiary/aromatic N) is 3. The number of alkyl halides is 3. The second-order valence-electron chi connectivity index (χ2n) is 8.30. The van der Waals surface area contributed by atoms with E-state index in [1.807, 2.05) is 0 Å². The van der Waals surface area contributed by atoms with E-state index >= 15 is 0 Å². The van der Waals surface area contributed by atoms with Crippen molar-refractivity contribution in [2.75, 3.05) is 31.1 Å². The maximum absolute atomic E-state index is 12.3. The molecule has 0 radical (unpaired) electrons. The van der Waals surface area contributed by atoms with Crippen LogP contribution >= 0.6 is 0 Å². The van der Waals surface area contributed by atoms with Crippen molar-refractivity contribution in [3.05, 3.63) is 52.3 Å². The smallest absolute Gasteiger partial charge is 0.406 e. The minimum absolute atomic E-state index is 0.209. The maximum atomic E-state index is 12.3. The van der Waals surface area contributed by atoms with Crippen LogP contribution in [0.2, 0.25) is 0 Å². The van der Waals surface area contributed by atoms with E-state index in [4.69, 9.17) is 4.42 Å². The molecule has 2 fully saturated rings. The first kappa shape index (κ1) is 21.5. The lowest BCUT2D eigenvalue weighted by Gasteiger charge is -2.47. The molecule has 1 spiro atoms. The van der Waals surface area contributed by atoms with Gasteiger partial charge >= 0.3 is 12.2 Å². The second kappa shape index (κ2) is 8.41. The van der Waals surface area contributed by atoms with Crippen LogP contribution in [0.15, 0.2) is 40.8 Å². The lowest BCUT2D eigenvalue weighted by Crippen LogP contribution is -2.46. The predicted octanol–water partition coefficient (Wildman–Crippen LogP) is 4.97. The average Bonchev–Trinajstić information content (AvgIpc) is 3.19. The van der Waals surface area contributed by atoms with Gasteiger partial charge in [0.25, 0.3) is 0 Å². The van der Waals surface area contributed by atoms with Crippen molar-refractivity contribution in [1.82, 2.24) is 4.90 Å². The standard InChI is InChI=1S/C21H24F3N3O4/c22-21(23,24)31-17-3-1-16(2-4-17)26-13-9-20(10-14-26)7-11-25(12-8-20)15-18-5-6-19(30-18)27(28)29/h1-6H,7-15H2. The normalized spacial score (nSPS) is 19.5. The van der Waals surface area contributed by atoms with Crippen molar-refractivity contribution >= 4 is 11.6 Å². The lowest BCUT2D eigenvalue weighted by molar-refractivity contribution is -0.402. The van der Waals surface area contributed by atoms with Crippen LogP contribution in [0.4, 0.5) is 24.7 Å². The van der Waals surface area contributed by atoms with Gasteiger partial charge in [0.05, 0.1) is 12.6 Å². The van der Waals surface area contributed by atoms with Crippen LogP contribution in [-0.2, 0) is 6.54 Å². The number of halogens is 3. The first-order chi connectivity index (χ1) is 14.7. The van der Waals surface area contributed by atoms with Gasteiger partial charge in [0.2, 0.25) is 0 Å². The van der Waals surface area contributed by atoms with Crippen molar-refractivity contribution in [3.63, 3.8) is 0 Å². The number of rotatable bonds is 5. The van der Waals surface area contributed by atoms with Crippen LogP contribution in [-0.4, -0.2) is 42.4 Å². The van der Waals surface area contributed by atoms with Crippen LogP contribution in [0.25, 0.3) is 0 Å². The van der Waals surface area contributed by atoms with Gasteiger partial charge in [-0.3, -0.25) is 15.0 Å². The third-order valence-electron chi connectivity index (χ3n) is 6.38. The summed E-state index contributed by atoms with van der Waals surface area (Å²) >= 11 is 0. The van der Waals surface area contributed by atoms with Gasteiger partial charge < -0.3 is 14.1 Å². The van der Waals surface area contributed by atoms with E-state index in [1.165, 1.54) is 18.2 Å². The minimum atomic E-state index is -4.68. The Hall–Kier alpha value is -2.75. The fourth-order valence-corrected chi connectivity index (χ4v) is 4.55. The van der Waals surface area contributed by atoms with E-state index in [1.54, 1.807) is 18.2 Å². The lowest BCUT2D eigenvalue weighted by atomic mass is 9.71. The molecule has 3 heterocycles. The molecule has 0 aliphatic carbocycles. The molecule has 2 saturated heterocycles. The van der Waals surface area contributed by atoms with Crippen LogP contribution in [0.1, 0.15) is 31.4 Å². The second-order valence-corrected chi connectivity index (χ2v) is 8.30. The molecule has 0 bridgehead atoms. The Labute approximate surface area is 177 Å². The van der Waals surface area contributed by atoms with Gasteiger partial charge in [-0.1, -0.05) is 0 Å². The van der Waals surface area contributed by atoms with Crippen molar-refractivity contribution < 1.29 is 27.2 Å². The van der Waals surface area contributed by atoms with Gasteiger partial charge in [0.1, 0.15) is 16.4 Å². The van der Waals surface area contributed by atoms with Gasteiger partial charge in [0.15, 0.2) is 0 Å². The number of ether oxygens (including phenoxy) is 1. The highest BCUT2D eigenvalue weighted by atomic mass is 19.4. The number of nitro groups is 1. The van der Waals surface area contributed by atoms with Crippen molar-refractivity contribution in [2.24, 2.45) is 5.41 Å². The molecule has 4 rings (SSSR count). The Kier molecular flexibility index (Phi) is 5.83. The fraction of sp³-hybridized carbons (Fsp3) is 0.524. The van der Waals surface area contributed by atoms with Crippen LogP contribution in [0.3, 0.4) is 0 Å². The van der Waals surface area contributed by atoms with E-state index in [0.29, 0.717) is 12.3 Å². The van der Waals surface area contributed by atoms with E-state index in [9.17, 15) is 23.3 Å². The molecule has 7 nitrogen and oxygen atoms in total. The molecule has 2 aliphatic rings. The first-order valence-electron chi connectivity index (χ1n) is 10.3. The van der Waals surface area contributed by atoms with Gasteiger partial charge in [-0.05, 0) is 74.5 Å². The van der Waals surface area contributed by atoms with Crippen molar-refractivity contribution in [2.45, 2.75) is 38.6 Å². The molecule has 1 aromatic carbocycles. The number of benzene rings is 1. The van der Waals surface area contributed by atoms with Gasteiger partial charge in [0, 0.05) is 18.8 Å². The summed E-state index contributed by atoms with van der Waals surface area (Å²) in [6, 6.07) is 9.09. The molecule has 2 aromatic rings. The zero-order chi connectivity index (χ0) is 22.1. The maximum Gasteiger partial charge on any atom is 0.573 e. The number of hydrogen-bond acceptors (Lipinski definition) is 6. The Morgan fingerprint density at radius 2 is 1.61 bits per heavy atom. The number of piperidine rings is 2. The number of hydrogen-bond donors (Lipinski definition) is 0. The Bertz CT molecular complexity index is 895. The van der Waals surface area contributed by atoms with Gasteiger partial charge in [-0.15, -0.1) is 13.2 Å². The summed E-state index contributed by atoms with van der Waals surface area (Å²) in [5.41, 5.74) is 1.18. The first-order valence-corrected chi connectivity index (χ1v) is 10.3. The molecular weight excluding hydrogens is 415 g/mol. The van der Waals surface area contributed by atoms with Crippen LogP contribution in [0.5, 0.6) is 5.75 Å². The number of anilines is 1. The Morgan fingerprint density at radius 3 is 2.16 bits per heavy atom. The van der Waals surface area contributed by atoms with Gasteiger partial charge in [-0.25, -0.2) is 0 Å². The predicted molar refractivity (Wildman–Crippen MR) is 107 cm³/mol. The van der Waals surface area contributed by atoms with E-state index in [2.05, 4.69) is 14.5 Å². The number of furan rings is 1. The molecular formula is C21H24F3N3O4. The molecule has 10 heteroatoms. The summed E-state index contributed by atoms with van der Waals surface area (Å²) in [5.74, 6) is 0.170.